The van der Waals surface area contributed by atoms with Crippen LogP contribution in [0, 0.1) is 6.92 Å². The van der Waals surface area contributed by atoms with Gasteiger partial charge in [-0.3, -0.25) is 25.5 Å². The van der Waals surface area contributed by atoms with E-state index in [0.29, 0.717) is 10.9 Å². The number of carbonyl (C=O) groups excluding carboxylic acids is 2. The van der Waals surface area contributed by atoms with Crippen molar-refractivity contribution in [3.8, 4) is 0 Å². The van der Waals surface area contributed by atoms with E-state index in [1.165, 1.54) is 0 Å². The lowest BCUT2D eigenvalue weighted by Crippen LogP contribution is -2.41. The van der Waals surface area contributed by atoms with Gasteiger partial charge in [-0.2, -0.15) is 5.10 Å². The van der Waals surface area contributed by atoms with Gasteiger partial charge in [-0.25, -0.2) is 0 Å². The maximum Gasteiger partial charge on any atom is 0.290 e. The summed E-state index contributed by atoms with van der Waals surface area (Å²) in [7, 11) is 0. The predicted octanol–water partition coefficient (Wildman–Crippen LogP) is 1.95. The molecular weight excluding hydrogens is 280 g/mol. The number of aromatic amines is 1. The first kappa shape index (κ1) is 13.8. The van der Waals surface area contributed by atoms with Gasteiger partial charge in [0.2, 0.25) is 0 Å². The topological polar surface area (TPSA) is 86.9 Å². The molecule has 0 aliphatic carbocycles. The first-order chi connectivity index (χ1) is 10.6. The van der Waals surface area contributed by atoms with Crippen molar-refractivity contribution in [2.24, 2.45) is 0 Å². The number of carbonyl (C=O) groups is 2. The molecule has 0 spiro atoms. The molecule has 0 saturated carbocycles. The number of rotatable bonds is 2. The molecule has 3 rings (SSSR count). The highest BCUT2D eigenvalue weighted by Crippen LogP contribution is 2.17. The second-order valence-corrected chi connectivity index (χ2v) is 4.90. The minimum absolute atomic E-state index is 0.243. The lowest BCUT2D eigenvalue weighted by molar-refractivity contribution is 0.0845. The number of hydrogen-bond donors (Lipinski definition) is 3. The summed E-state index contributed by atoms with van der Waals surface area (Å²) in [5, 5.41) is 7.51. The SMILES string of the molecule is Cc1ccc2[nH]nc(C(=O)NNC(=O)c3ccccc3)c2c1. The van der Waals surface area contributed by atoms with E-state index in [2.05, 4.69) is 21.0 Å². The van der Waals surface area contributed by atoms with E-state index >= 15 is 0 Å². The highest BCUT2D eigenvalue weighted by atomic mass is 16.2. The zero-order chi connectivity index (χ0) is 15.5. The fraction of sp³-hybridized carbons (Fsp3) is 0.0625. The first-order valence-electron chi connectivity index (χ1n) is 6.75. The van der Waals surface area contributed by atoms with E-state index in [9.17, 15) is 9.59 Å². The minimum atomic E-state index is -0.471. The van der Waals surface area contributed by atoms with Crippen molar-refractivity contribution in [1.29, 1.82) is 0 Å². The number of H-pyrrole nitrogens is 1. The monoisotopic (exact) mass is 294 g/mol. The van der Waals surface area contributed by atoms with Gasteiger partial charge in [0.15, 0.2) is 5.69 Å². The molecule has 1 heterocycles. The molecule has 0 unspecified atom stereocenters. The Labute approximate surface area is 126 Å². The lowest BCUT2D eigenvalue weighted by Gasteiger charge is -2.06. The van der Waals surface area contributed by atoms with Crippen LogP contribution in [0.5, 0.6) is 0 Å². The number of aromatic nitrogens is 2. The van der Waals surface area contributed by atoms with Crippen molar-refractivity contribution in [1.82, 2.24) is 21.0 Å². The molecule has 3 aromatic rings. The van der Waals surface area contributed by atoms with Crippen LogP contribution in [0.4, 0.5) is 0 Å². The molecule has 2 aromatic carbocycles. The fourth-order valence-electron chi connectivity index (χ4n) is 2.14. The van der Waals surface area contributed by atoms with Gasteiger partial charge in [0.1, 0.15) is 0 Å². The van der Waals surface area contributed by atoms with Crippen molar-refractivity contribution in [2.75, 3.05) is 0 Å². The van der Waals surface area contributed by atoms with Crippen LogP contribution in [0.15, 0.2) is 48.5 Å². The zero-order valence-electron chi connectivity index (χ0n) is 11.9. The number of nitrogens with zero attached hydrogens (tertiary/aromatic N) is 1. The van der Waals surface area contributed by atoms with Crippen molar-refractivity contribution in [3.63, 3.8) is 0 Å². The standard InChI is InChI=1S/C16H14N4O2/c1-10-7-8-13-12(9-10)14(18-17-13)16(22)20-19-15(21)11-5-3-2-4-6-11/h2-9H,1H3,(H,17,18)(H,19,21)(H,20,22). The molecule has 6 heteroatoms. The molecule has 2 amide bonds. The predicted molar refractivity (Wildman–Crippen MR) is 82.2 cm³/mol. The number of fused-ring (bicyclic) bond motifs is 1. The van der Waals surface area contributed by atoms with E-state index in [0.717, 1.165) is 11.1 Å². The quantitative estimate of drug-likeness (QED) is 0.631. The van der Waals surface area contributed by atoms with Gasteiger partial charge in [0.05, 0.1) is 5.52 Å². The van der Waals surface area contributed by atoms with Crippen LogP contribution in [0.2, 0.25) is 0 Å². The van der Waals surface area contributed by atoms with Crippen LogP contribution in [0.3, 0.4) is 0 Å². The van der Waals surface area contributed by atoms with Crippen molar-refractivity contribution in [2.45, 2.75) is 6.92 Å². The molecule has 22 heavy (non-hydrogen) atoms. The number of hydrogen-bond acceptors (Lipinski definition) is 3. The van der Waals surface area contributed by atoms with Crippen molar-refractivity contribution >= 4 is 22.7 Å². The highest BCUT2D eigenvalue weighted by Gasteiger charge is 2.15. The number of hydrazine groups is 1. The lowest BCUT2D eigenvalue weighted by atomic mass is 10.1. The molecule has 3 N–H and O–H groups in total. The van der Waals surface area contributed by atoms with Crippen LogP contribution >= 0.6 is 0 Å². The van der Waals surface area contributed by atoms with Crippen molar-refractivity contribution < 1.29 is 9.59 Å². The fourth-order valence-corrected chi connectivity index (χ4v) is 2.14. The van der Waals surface area contributed by atoms with Gasteiger partial charge in [-0.05, 0) is 31.2 Å². The molecule has 0 atom stereocenters. The second-order valence-electron chi connectivity index (χ2n) is 4.90. The van der Waals surface area contributed by atoms with Gasteiger partial charge < -0.3 is 0 Å². The highest BCUT2D eigenvalue weighted by molar-refractivity contribution is 6.06. The summed E-state index contributed by atoms with van der Waals surface area (Å²) < 4.78 is 0. The summed E-state index contributed by atoms with van der Waals surface area (Å²) in [6.45, 7) is 1.94. The van der Waals surface area contributed by atoms with E-state index in [4.69, 9.17) is 0 Å². The first-order valence-corrected chi connectivity index (χ1v) is 6.75. The molecule has 0 aliphatic rings. The number of benzene rings is 2. The van der Waals surface area contributed by atoms with E-state index in [1.54, 1.807) is 24.3 Å². The van der Waals surface area contributed by atoms with Crippen LogP contribution in [0.1, 0.15) is 26.4 Å². The number of aryl methyl sites for hydroxylation is 1. The molecule has 1 aromatic heterocycles. The summed E-state index contributed by atoms with van der Waals surface area (Å²) in [5.41, 5.74) is 7.25. The van der Waals surface area contributed by atoms with E-state index in [1.807, 2.05) is 31.2 Å². The Kier molecular flexibility index (Phi) is 3.57. The van der Waals surface area contributed by atoms with Gasteiger partial charge in [-0.1, -0.05) is 29.8 Å². The average Bonchev–Trinajstić information content (AvgIpc) is 2.96. The Bertz CT molecular complexity index is 840. The molecule has 0 aliphatic heterocycles. The minimum Gasteiger partial charge on any atom is -0.277 e. The molecule has 0 saturated heterocycles. The number of amides is 2. The third kappa shape index (κ3) is 2.67. The molecule has 0 radical (unpaired) electrons. The van der Waals surface area contributed by atoms with Crippen molar-refractivity contribution in [3.05, 3.63) is 65.4 Å². The van der Waals surface area contributed by atoms with E-state index < -0.39 is 5.91 Å². The maximum atomic E-state index is 12.2. The Morgan fingerprint density at radius 3 is 2.50 bits per heavy atom. The molecule has 110 valence electrons. The van der Waals surface area contributed by atoms with Gasteiger partial charge >= 0.3 is 0 Å². The third-order valence-corrected chi connectivity index (χ3v) is 3.26. The second kappa shape index (κ2) is 5.69. The summed E-state index contributed by atoms with van der Waals surface area (Å²) in [6.07, 6.45) is 0. The maximum absolute atomic E-state index is 12.2. The van der Waals surface area contributed by atoms with Crippen LogP contribution in [-0.4, -0.2) is 22.0 Å². The Hall–Kier alpha value is -3.15. The van der Waals surface area contributed by atoms with E-state index in [-0.39, 0.29) is 11.6 Å². The van der Waals surface area contributed by atoms with Gasteiger partial charge in [-0.15, -0.1) is 0 Å². The summed E-state index contributed by atoms with van der Waals surface area (Å²) in [6, 6.07) is 14.3. The average molecular weight is 294 g/mol. The van der Waals surface area contributed by atoms with Crippen LogP contribution < -0.4 is 10.9 Å². The molecular formula is C16H14N4O2. The van der Waals surface area contributed by atoms with Crippen LogP contribution in [0.25, 0.3) is 10.9 Å². The molecule has 6 nitrogen and oxygen atoms in total. The summed E-state index contributed by atoms with van der Waals surface area (Å²) in [5.74, 6) is -0.855. The molecule has 0 bridgehead atoms. The summed E-state index contributed by atoms with van der Waals surface area (Å²) in [4.78, 5) is 24.0. The smallest absolute Gasteiger partial charge is 0.277 e. The normalized spacial score (nSPS) is 10.4. The van der Waals surface area contributed by atoms with Gasteiger partial charge in [0.25, 0.3) is 11.8 Å². The largest absolute Gasteiger partial charge is 0.290 e. The zero-order valence-corrected chi connectivity index (χ0v) is 11.9. The Morgan fingerprint density at radius 2 is 1.73 bits per heavy atom. The molecule has 0 fully saturated rings. The van der Waals surface area contributed by atoms with Gasteiger partial charge in [0, 0.05) is 10.9 Å². The number of nitrogens with one attached hydrogen (secondary N) is 3. The Morgan fingerprint density at radius 1 is 1.00 bits per heavy atom. The third-order valence-electron chi connectivity index (χ3n) is 3.26. The Balaban J connectivity index is 1.74. The summed E-state index contributed by atoms with van der Waals surface area (Å²) >= 11 is 0. The van der Waals surface area contributed by atoms with Crippen LogP contribution in [-0.2, 0) is 0 Å².